The van der Waals surface area contributed by atoms with E-state index in [4.69, 9.17) is 0 Å². The average molecular weight is 206 g/mol. The Hall–Kier alpha value is -0.260. The normalized spacial score (nSPS) is 25.2. The Labute approximate surface area is 95.1 Å². The fraction of sp³-hybridized carbons (Fsp3) is 0.867. The fourth-order valence-corrected chi connectivity index (χ4v) is 3.73. The van der Waals surface area contributed by atoms with Gasteiger partial charge in [0.05, 0.1) is 0 Å². The molecule has 0 amide bonds. The second kappa shape index (κ2) is 3.96. The van der Waals surface area contributed by atoms with Gasteiger partial charge in [0.1, 0.15) is 0 Å². The van der Waals surface area contributed by atoms with Crippen molar-refractivity contribution < 1.29 is 0 Å². The molecule has 0 radical (unpaired) electrons. The van der Waals surface area contributed by atoms with Crippen molar-refractivity contribution in [1.29, 1.82) is 0 Å². The van der Waals surface area contributed by atoms with E-state index >= 15 is 0 Å². The van der Waals surface area contributed by atoms with Crippen LogP contribution in [-0.2, 0) is 0 Å². The van der Waals surface area contributed by atoms with Crippen LogP contribution >= 0.6 is 0 Å². The van der Waals surface area contributed by atoms with Crippen molar-refractivity contribution in [3.63, 3.8) is 0 Å². The first kappa shape index (κ1) is 11.2. The summed E-state index contributed by atoms with van der Waals surface area (Å²) in [5.41, 5.74) is 4.35. The minimum Gasteiger partial charge on any atom is -0.0676 e. The van der Waals surface area contributed by atoms with E-state index in [0.29, 0.717) is 0 Å². The third kappa shape index (κ3) is 2.00. The van der Waals surface area contributed by atoms with E-state index in [-0.39, 0.29) is 0 Å². The van der Waals surface area contributed by atoms with E-state index in [1.165, 1.54) is 38.5 Å². The summed E-state index contributed by atoms with van der Waals surface area (Å²) in [6.07, 6.45) is 8.82. The third-order valence-electron chi connectivity index (χ3n) is 4.60. The van der Waals surface area contributed by atoms with Crippen molar-refractivity contribution in [1.82, 2.24) is 0 Å². The predicted octanol–water partition coefficient (Wildman–Crippen LogP) is 4.95. The molecule has 1 fully saturated rings. The molecule has 0 heteroatoms. The highest BCUT2D eigenvalue weighted by atomic mass is 14.5. The summed E-state index contributed by atoms with van der Waals surface area (Å²) in [5, 5.41) is 0. The lowest BCUT2D eigenvalue weighted by atomic mass is 9.81. The van der Waals surface area contributed by atoms with Crippen LogP contribution in [0.25, 0.3) is 0 Å². The summed E-state index contributed by atoms with van der Waals surface area (Å²) in [5.74, 6) is 1.56. The molecule has 0 aliphatic heterocycles. The summed E-state index contributed by atoms with van der Waals surface area (Å²) in [6, 6.07) is 0. The summed E-state index contributed by atoms with van der Waals surface area (Å²) in [6.45, 7) is 9.52. The van der Waals surface area contributed by atoms with E-state index in [2.05, 4.69) is 27.7 Å². The maximum atomic E-state index is 2.38. The van der Waals surface area contributed by atoms with Crippen molar-refractivity contribution >= 4 is 0 Å². The number of rotatable bonds is 2. The molecule has 0 saturated heterocycles. The molecule has 0 heterocycles. The summed E-state index contributed by atoms with van der Waals surface area (Å²) >= 11 is 0. The van der Waals surface area contributed by atoms with Crippen LogP contribution in [0.1, 0.15) is 66.2 Å². The summed E-state index contributed by atoms with van der Waals surface area (Å²) in [7, 11) is 0. The molecule has 0 aromatic carbocycles. The van der Waals surface area contributed by atoms with Gasteiger partial charge >= 0.3 is 0 Å². The number of hydrogen-bond acceptors (Lipinski definition) is 0. The Morgan fingerprint density at radius 1 is 0.800 bits per heavy atom. The Balaban J connectivity index is 2.20. The van der Waals surface area contributed by atoms with E-state index in [0.717, 1.165) is 17.3 Å². The van der Waals surface area contributed by atoms with Crippen LogP contribution in [0.4, 0.5) is 0 Å². The molecule has 15 heavy (non-hydrogen) atoms. The molecular formula is C15H26. The van der Waals surface area contributed by atoms with Crippen LogP contribution in [0, 0.1) is 17.3 Å². The molecule has 1 spiro atoms. The van der Waals surface area contributed by atoms with E-state index in [9.17, 15) is 0 Å². The van der Waals surface area contributed by atoms with Gasteiger partial charge in [0, 0.05) is 0 Å². The standard InChI is InChI=1S/C15H26/c1-11(2)13-9-15(7-5-6-8-15)10-14(13)12(3)4/h11-12H,5-10H2,1-4H3. The Bertz CT molecular complexity index is 240. The third-order valence-corrected chi connectivity index (χ3v) is 4.60. The lowest BCUT2D eigenvalue weighted by Crippen LogP contribution is -2.12. The quantitative estimate of drug-likeness (QED) is 0.561. The molecule has 0 aromatic heterocycles. The molecule has 1 saturated carbocycles. The number of allylic oxidation sites excluding steroid dienone is 2. The Kier molecular flexibility index (Phi) is 2.96. The van der Waals surface area contributed by atoms with Crippen LogP contribution in [0.3, 0.4) is 0 Å². The second-order valence-corrected chi connectivity index (χ2v) is 6.42. The highest BCUT2D eigenvalue weighted by Crippen LogP contribution is 2.55. The molecule has 0 bridgehead atoms. The van der Waals surface area contributed by atoms with Gasteiger partial charge in [-0.25, -0.2) is 0 Å². The SMILES string of the molecule is CC(C)C1=C(C(C)C)CC2(CCCC2)C1. The molecule has 0 aromatic rings. The molecule has 2 rings (SSSR count). The first-order valence-electron chi connectivity index (χ1n) is 6.76. The minimum absolute atomic E-state index is 0.721. The largest absolute Gasteiger partial charge is 0.0676 e. The van der Waals surface area contributed by atoms with Crippen molar-refractivity contribution in [3.8, 4) is 0 Å². The first-order valence-corrected chi connectivity index (χ1v) is 6.76. The molecule has 2 aliphatic carbocycles. The first-order chi connectivity index (χ1) is 7.04. The van der Waals surface area contributed by atoms with Crippen LogP contribution in [0.5, 0.6) is 0 Å². The predicted molar refractivity (Wildman–Crippen MR) is 66.8 cm³/mol. The fourth-order valence-electron chi connectivity index (χ4n) is 3.73. The lowest BCUT2D eigenvalue weighted by Gasteiger charge is -2.24. The zero-order valence-electron chi connectivity index (χ0n) is 10.9. The second-order valence-electron chi connectivity index (χ2n) is 6.42. The lowest BCUT2D eigenvalue weighted by molar-refractivity contribution is 0.306. The minimum atomic E-state index is 0.721. The Morgan fingerprint density at radius 2 is 1.20 bits per heavy atom. The van der Waals surface area contributed by atoms with Gasteiger partial charge in [-0.15, -0.1) is 0 Å². The molecule has 86 valence electrons. The Morgan fingerprint density at radius 3 is 1.53 bits per heavy atom. The van der Waals surface area contributed by atoms with Gasteiger partial charge in [-0.1, -0.05) is 51.7 Å². The van der Waals surface area contributed by atoms with Gasteiger partial charge in [-0.3, -0.25) is 0 Å². The van der Waals surface area contributed by atoms with Crippen molar-refractivity contribution in [2.45, 2.75) is 66.2 Å². The maximum Gasteiger partial charge on any atom is -0.0223 e. The average Bonchev–Trinajstić information content (AvgIpc) is 2.74. The van der Waals surface area contributed by atoms with Gasteiger partial charge in [0.15, 0.2) is 0 Å². The topological polar surface area (TPSA) is 0 Å². The molecular weight excluding hydrogens is 180 g/mol. The zero-order chi connectivity index (χ0) is 11.1. The van der Waals surface area contributed by atoms with Crippen molar-refractivity contribution in [2.24, 2.45) is 17.3 Å². The van der Waals surface area contributed by atoms with E-state index in [1.807, 2.05) is 11.1 Å². The van der Waals surface area contributed by atoms with Gasteiger partial charge in [-0.05, 0) is 42.9 Å². The molecule has 2 aliphatic rings. The molecule has 0 atom stereocenters. The molecule has 0 N–H and O–H groups in total. The summed E-state index contributed by atoms with van der Waals surface area (Å²) in [4.78, 5) is 0. The smallest absolute Gasteiger partial charge is 0.0223 e. The number of hydrogen-bond donors (Lipinski definition) is 0. The van der Waals surface area contributed by atoms with Crippen LogP contribution in [0.15, 0.2) is 11.1 Å². The van der Waals surface area contributed by atoms with Gasteiger partial charge in [0.2, 0.25) is 0 Å². The molecule has 0 nitrogen and oxygen atoms in total. The zero-order valence-corrected chi connectivity index (χ0v) is 10.9. The van der Waals surface area contributed by atoms with Gasteiger partial charge in [0.25, 0.3) is 0 Å². The van der Waals surface area contributed by atoms with Gasteiger partial charge in [-0.2, -0.15) is 0 Å². The summed E-state index contributed by atoms with van der Waals surface area (Å²) < 4.78 is 0. The van der Waals surface area contributed by atoms with Crippen molar-refractivity contribution in [3.05, 3.63) is 11.1 Å². The molecule has 0 unspecified atom stereocenters. The highest BCUT2D eigenvalue weighted by Gasteiger charge is 2.41. The van der Waals surface area contributed by atoms with Gasteiger partial charge < -0.3 is 0 Å². The van der Waals surface area contributed by atoms with Crippen LogP contribution in [0.2, 0.25) is 0 Å². The van der Waals surface area contributed by atoms with Crippen LogP contribution in [-0.4, -0.2) is 0 Å². The van der Waals surface area contributed by atoms with Crippen LogP contribution < -0.4 is 0 Å². The monoisotopic (exact) mass is 206 g/mol. The highest BCUT2D eigenvalue weighted by molar-refractivity contribution is 5.28. The van der Waals surface area contributed by atoms with E-state index in [1.54, 1.807) is 0 Å². The van der Waals surface area contributed by atoms with Crippen molar-refractivity contribution in [2.75, 3.05) is 0 Å². The van der Waals surface area contributed by atoms with E-state index < -0.39 is 0 Å². The maximum absolute atomic E-state index is 2.38.